The zero-order valence-electron chi connectivity index (χ0n) is 19.3. The summed E-state index contributed by atoms with van der Waals surface area (Å²) in [6, 6.07) is 0. The molecular weight excluding hydrogens is 387 g/mol. The number of rotatable bonds is 17. The minimum Gasteiger partial charge on any atom is -0.756 e. The first-order valence-corrected chi connectivity index (χ1v) is 13.1. The Balaban J connectivity index is 0.000000555. The summed E-state index contributed by atoms with van der Waals surface area (Å²) in [5.41, 5.74) is 0. The maximum Gasteiger partial charge on any atom is 0.267 e. The van der Waals surface area contributed by atoms with Gasteiger partial charge in [0.05, 0.1) is 26.3 Å². The molecule has 0 aliphatic rings. The third kappa shape index (κ3) is 17.9. The molecule has 0 aromatic carbocycles. The fourth-order valence-corrected chi connectivity index (χ4v) is 3.40. The Morgan fingerprint density at radius 3 is 1.93 bits per heavy atom. The van der Waals surface area contributed by atoms with E-state index in [1.165, 1.54) is 58.0 Å². The molecule has 7 heteroatoms. The predicted octanol–water partition coefficient (Wildman–Crippen LogP) is 5.63. The molecule has 0 atom stereocenters. The first-order chi connectivity index (χ1) is 14.0. The van der Waals surface area contributed by atoms with Crippen LogP contribution in [-0.2, 0) is 26.7 Å². The molecule has 29 heavy (non-hydrogen) atoms. The van der Waals surface area contributed by atoms with Crippen molar-refractivity contribution in [3.05, 3.63) is 18.7 Å². The number of phosphoric ester groups is 1. The van der Waals surface area contributed by atoms with Crippen LogP contribution in [0.3, 0.4) is 0 Å². The van der Waals surface area contributed by atoms with Crippen LogP contribution in [0, 0.1) is 0 Å². The molecule has 0 fully saturated rings. The summed E-state index contributed by atoms with van der Waals surface area (Å²) >= 11 is 0. The number of unbranched alkanes of at least 4 members (excludes halogenated alkanes) is 7. The number of aryl methyl sites for hydroxylation is 2. The van der Waals surface area contributed by atoms with Gasteiger partial charge in [0.1, 0.15) is 12.4 Å². The summed E-state index contributed by atoms with van der Waals surface area (Å²) in [7, 11) is -4.00. The molecule has 0 radical (unpaired) electrons. The second kappa shape index (κ2) is 19.3. The molecule has 0 spiro atoms. The van der Waals surface area contributed by atoms with Gasteiger partial charge in [0.25, 0.3) is 7.82 Å². The highest BCUT2D eigenvalue weighted by atomic mass is 31.2. The molecule has 0 aliphatic carbocycles. The van der Waals surface area contributed by atoms with Gasteiger partial charge in [-0.3, -0.25) is 4.57 Å². The number of hydrogen-bond donors (Lipinski definition) is 0. The third-order valence-electron chi connectivity index (χ3n) is 4.53. The van der Waals surface area contributed by atoms with E-state index >= 15 is 0 Å². The van der Waals surface area contributed by atoms with E-state index in [0.717, 1.165) is 25.7 Å². The molecule has 0 bridgehead atoms. The fraction of sp³-hybridized carbons (Fsp3) is 0.864. The zero-order valence-corrected chi connectivity index (χ0v) is 20.2. The van der Waals surface area contributed by atoms with E-state index in [9.17, 15) is 9.46 Å². The summed E-state index contributed by atoms with van der Waals surface area (Å²) in [6.07, 6.45) is 19.3. The monoisotopic (exact) mass is 432 g/mol. The van der Waals surface area contributed by atoms with E-state index in [1.54, 1.807) is 0 Å². The number of phosphoric acid groups is 1. The lowest BCUT2D eigenvalue weighted by atomic mass is 10.1. The number of imidazole rings is 1. The lowest BCUT2D eigenvalue weighted by molar-refractivity contribution is -0.696. The smallest absolute Gasteiger partial charge is 0.267 e. The van der Waals surface area contributed by atoms with Crippen LogP contribution in [0.15, 0.2) is 18.7 Å². The van der Waals surface area contributed by atoms with Gasteiger partial charge >= 0.3 is 0 Å². The SMILES string of the molecule is CCCCCCC[n+]1ccn(CCCC)c1.CCCCOP(=O)([O-])OCCCC. The average Bonchev–Trinajstić information content (AvgIpc) is 3.15. The van der Waals surface area contributed by atoms with Gasteiger partial charge in [-0.1, -0.05) is 66.2 Å². The van der Waals surface area contributed by atoms with Gasteiger partial charge in [-0.2, -0.15) is 0 Å². The van der Waals surface area contributed by atoms with Gasteiger partial charge in [0.15, 0.2) is 0 Å². The highest BCUT2D eigenvalue weighted by molar-refractivity contribution is 7.45. The van der Waals surface area contributed by atoms with Gasteiger partial charge in [-0.15, -0.1) is 0 Å². The molecule has 0 saturated heterocycles. The lowest BCUT2D eigenvalue weighted by Gasteiger charge is -2.22. The highest BCUT2D eigenvalue weighted by Crippen LogP contribution is 2.38. The topological polar surface area (TPSA) is 67.4 Å². The number of nitrogens with zero attached hydrogens (tertiary/aromatic N) is 2. The van der Waals surface area contributed by atoms with Gasteiger partial charge in [0.2, 0.25) is 6.33 Å². The molecule has 6 nitrogen and oxygen atoms in total. The second-order valence-electron chi connectivity index (χ2n) is 7.48. The first kappa shape index (κ1) is 28.3. The Bertz CT molecular complexity index is 509. The Kier molecular flexibility index (Phi) is 18.8. The van der Waals surface area contributed by atoms with Crippen molar-refractivity contribution in [3.8, 4) is 0 Å². The predicted molar refractivity (Wildman–Crippen MR) is 118 cm³/mol. The minimum absolute atomic E-state index is 0.226. The summed E-state index contributed by atoms with van der Waals surface area (Å²) in [4.78, 5) is 11.0. The Labute approximate surface area is 179 Å². The van der Waals surface area contributed by atoms with Crippen molar-refractivity contribution < 1.29 is 23.1 Å². The zero-order chi connectivity index (χ0) is 21.8. The molecule has 0 amide bonds. The Morgan fingerprint density at radius 1 is 0.828 bits per heavy atom. The van der Waals surface area contributed by atoms with Gasteiger partial charge in [-0.25, -0.2) is 9.13 Å². The standard InChI is InChI=1S/C14H27N2.C8H19O4P/c1-3-5-7-8-9-11-16-13-12-15(14-16)10-6-4-2;1-3-5-7-11-13(9,10)12-8-6-4-2/h12-14H,3-11H2,1-2H3;3-8H2,1-2H3,(H,9,10)/q+1;/p-1. The van der Waals surface area contributed by atoms with Crippen LogP contribution in [-0.4, -0.2) is 17.8 Å². The van der Waals surface area contributed by atoms with Gasteiger partial charge in [0, 0.05) is 0 Å². The molecule has 1 aromatic heterocycles. The fourth-order valence-electron chi connectivity index (χ4n) is 2.62. The minimum atomic E-state index is -4.00. The van der Waals surface area contributed by atoms with Crippen molar-refractivity contribution in [1.82, 2.24) is 4.57 Å². The summed E-state index contributed by atoms with van der Waals surface area (Å²) in [6.45, 7) is 11.2. The Hall–Kier alpha value is -0.680. The van der Waals surface area contributed by atoms with Crippen LogP contribution < -0.4 is 9.46 Å². The van der Waals surface area contributed by atoms with Gasteiger partial charge < -0.3 is 13.9 Å². The van der Waals surface area contributed by atoms with Crippen LogP contribution >= 0.6 is 7.82 Å². The van der Waals surface area contributed by atoms with E-state index < -0.39 is 7.82 Å². The van der Waals surface area contributed by atoms with Crippen molar-refractivity contribution in [1.29, 1.82) is 0 Å². The molecule has 1 rings (SSSR count). The molecule has 0 N–H and O–H groups in total. The summed E-state index contributed by atoms with van der Waals surface area (Å²) in [5.74, 6) is 0. The van der Waals surface area contributed by atoms with Crippen molar-refractivity contribution in [2.75, 3.05) is 13.2 Å². The van der Waals surface area contributed by atoms with E-state index in [-0.39, 0.29) is 13.2 Å². The van der Waals surface area contributed by atoms with Crippen LogP contribution in [0.5, 0.6) is 0 Å². The van der Waals surface area contributed by atoms with E-state index in [0.29, 0.717) is 0 Å². The van der Waals surface area contributed by atoms with E-state index in [4.69, 9.17) is 0 Å². The molecular formula is C22H45N2O4P. The molecule has 1 heterocycles. The van der Waals surface area contributed by atoms with Crippen molar-refractivity contribution in [3.63, 3.8) is 0 Å². The molecule has 0 aliphatic heterocycles. The third-order valence-corrected chi connectivity index (χ3v) is 5.53. The van der Waals surface area contributed by atoms with Crippen molar-refractivity contribution in [2.24, 2.45) is 0 Å². The molecule has 0 unspecified atom stereocenters. The van der Waals surface area contributed by atoms with Crippen LogP contribution in [0.1, 0.15) is 98.3 Å². The highest BCUT2D eigenvalue weighted by Gasteiger charge is 2.07. The van der Waals surface area contributed by atoms with E-state index in [2.05, 4.69) is 50.8 Å². The second-order valence-corrected chi connectivity index (χ2v) is 8.89. The van der Waals surface area contributed by atoms with E-state index in [1.807, 2.05) is 13.8 Å². The quantitative estimate of drug-likeness (QED) is 0.182. The van der Waals surface area contributed by atoms with Crippen molar-refractivity contribution in [2.45, 2.75) is 111 Å². The van der Waals surface area contributed by atoms with Gasteiger partial charge in [-0.05, 0) is 32.1 Å². The molecule has 1 aromatic rings. The normalized spacial score (nSPS) is 11.3. The molecule has 172 valence electrons. The average molecular weight is 433 g/mol. The lowest BCUT2D eigenvalue weighted by Crippen LogP contribution is -2.30. The maximum absolute atomic E-state index is 11.0. The first-order valence-electron chi connectivity index (χ1n) is 11.6. The maximum atomic E-state index is 11.0. The van der Waals surface area contributed by atoms with Crippen LogP contribution in [0.4, 0.5) is 0 Å². The largest absolute Gasteiger partial charge is 0.756 e. The number of aromatic nitrogens is 2. The van der Waals surface area contributed by atoms with Crippen LogP contribution in [0.25, 0.3) is 0 Å². The summed E-state index contributed by atoms with van der Waals surface area (Å²) in [5, 5.41) is 0. The summed E-state index contributed by atoms with van der Waals surface area (Å²) < 4.78 is 24.8. The molecule has 0 saturated carbocycles. The number of hydrogen-bond acceptors (Lipinski definition) is 4. The Morgan fingerprint density at radius 2 is 1.38 bits per heavy atom. The van der Waals surface area contributed by atoms with Crippen LogP contribution in [0.2, 0.25) is 0 Å². The van der Waals surface area contributed by atoms with Crippen molar-refractivity contribution >= 4 is 7.82 Å².